The number of nitrogens with zero attached hydrogens (tertiary/aromatic N) is 2. The van der Waals surface area contributed by atoms with Gasteiger partial charge in [-0.25, -0.2) is 9.97 Å². The summed E-state index contributed by atoms with van der Waals surface area (Å²) in [4.78, 5) is 19.9. The molecule has 74 valence electrons. The molecule has 3 heterocycles. The summed E-state index contributed by atoms with van der Waals surface area (Å²) in [6.45, 7) is 0.520. The van der Waals surface area contributed by atoms with Crippen LogP contribution >= 0.6 is 11.3 Å². The Kier molecular flexibility index (Phi) is 1.78. The average molecular weight is 217 g/mol. The molecule has 0 saturated heterocycles. The third-order valence-electron chi connectivity index (χ3n) is 2.33. The van der Waals surface area contributed by atoms with Crippen LogP contribution in [0.1, 0.15) is 16.1 Å². The van der Waals surface area contributed by atoms with Crippen molar-refractivity contribution >= 4 is 17.2 Å². The second-order valence-corrected chi connectivity index (χ2v) is 3.97. The number of carbonyl (C=O) groups excluding carboxylic acids is 1. The number of amides is 1. The Morgan fingerprint density at radius 1 is 1.33 bits per heavy atom. The Labute approximate surface area is 90.0 Å². The lowest BCUT2D eigenvalue weighted by Crippen LogP contribution is -2.12. The molecule has 5 heteroatoms. The molecule has 0 atom stereocenters. The highest BCUT2D eigenvalue weighted by molar-refractivity contribution is 7.07. The molecule has 2 aromatic rings. The Balaban J connectivity index is 2.11. The van der Waals surface area contributed by atoms with Crippen LogP contribution < -0.4 is 5.32 Å². The van der Waals surface area contributed by atoms with Crippen LogP contribution in [0.4, 0.5) is 0 Å². The number of nitrogens with one attached hydrogen (secondary N) is 1. The second kappa shape index (κ2) is 3.13. The van der Waals surface area contributed by atoms with Crippen LogP contribution in [0.5, 0.6) is 0 Å². The summed E-state index contributed by atoms with van der Waals surface area (Å²) in [5.74, 6) is -0.0395. The third-order valence-corrected chi connectivity index (χ3v) is 2.92. The standard InChI is InChI=1S/C10H7N3OS/c14-10-6-1-2-7(9-4-15-5-12-9)13-8(6)3-11-10/h1-2,4-5H,3H2,(H,11,14). The molecule has 15 heavy (non-hydrogen) atoms. The van der Waals surface area contributed by atoms with Gasteiger partial charge in [-0.3, -0.25) is 4.79 Å². The van der Waals surface area contributed by atoms with Gasteiger partial charge in [0, 0.05) is 5.38 Å². The summed E-state index contributed by atoms with van der Waals surface area (Å²) in [6, 6.07) is 3.64. The number of rotatable bonds is 1. The van der Waals surface area contributed by atoms with Crippen LogP contribution in [-0.2, 0) is 6.54 Å². The maximum Gasteiger partial charge on any atom is 0.253 e. The molecule has 1 aliphatic heterocycles. The molecular formula is C10H7N3OS. The van der Waals surface area contributed by atoms with Crippen molar-refractivity contribution in [2.75, 3.05) is 0 Å². The fraction of sp³-hybridized carbons (Fsp3) is 0.100. The lowest BCUT2D eigenvalue weighted by Gasteiger charge is -1.98. The summed E-state index contributed by atoms with van der Waals surface area (Å²) in [6.07, 6.45) is 0. The predicted molar refractivity (Wildman–Crippen MR) is 56.5 cm³/mol. The quantitative estimate of drug-likeness (QED) is 0.786. The van der Waals surface area contributed by atoms with Crippen molar-refractivity contribution in [2.24, 2.45) is 0 Å². The fourth-order valence-corrected chi connectivity index (χ4v) is 2.13. The first-order chi connectivity index (χ1) is 7.34. The average Bonchev–Trinajstić information content (AvgIpc) is 2.88. The molecule has 2 aromatic heterocycles. The van der Waals surface area contributed by atoms with Crippen molar-refractivity contribution in [1.82, 2.24) is 15.3 Å². The van der Waals surface area contributed by atoms with Crippen LogP contribution in [0.15, 0.2) is 23.0 Å². The van der Waals surface area contributed by atoms with E-state index < -0.39 is 0 Å². The zero-order valence-electron chi connectivity index (χ0n) is 7.73. The Hall–Kier alpha value is -1.75. The first-order valence-electron chi connectivity index (χ1n) is 4.51. The normalized spacial score (nSPS) is 13.7. The van der Waals surface area contributed by atoms with Gasteiger partial charge < -0.3 is 5.32 Å². The molecule has 3 rings (SSSR count). The van der Waals surface area contributed by atoms with Crippen molar-refractivity contribution in [2.45, 2.75) is 6.54 Å². The summed E-state index contributed by atoms with van der Waals surface area (Å²) in [7, 11) is 0. The molecule has 1 aliphatic rings. The first kappa shape index (κ1) is 8.55. The molecule has 0 spiro atoms. The molecule has 0 fully saturated rings. The zero-order chi connectivity index (χ0) is 10.3. The summed E-state index contributed by atoms with van der Waals surface area (Å²) in [5, 5.41) is 4.68. The van der Waals surface area contributed by atoms with Crippen LogP contribution in [0.25, 0.3) is 11.4 Å². The van der Waals surface area contributed by atoms with E-state index in [1.165, 1.54) is 11.3 Å². The molecule has 0 aromatic carbocycles. The minimum Gasteiger partial charge on any atom is -0.346 e. The number of aromatic nitrogens is 2. The van der Waals surface area contributed by atoms with Crippen LogP contribution in [-0.4, -0.2) is 15.9 Å². The van der Waals surface area contributed by atoms with Gasteiger partial charge in [-0.2, -0.15) is 0 Å². The third kappa shape index (κ3) is 1.32. The van der Waals surface area contributed by atoms with Crippen molar-refractivity contribution in [1.29, 1.82) is 0 Å². The summed E-state index contributed by atoms with van der Waals surface area (Å²) in [5.41, 5.74) is 4.95. The van der Waals surface area contributed by atoms with Crippen LogP contribution in [0.3, 0.4) is 0 Å². The van der Waals surface area contributed by atoms with Crippen molar-refractivity contribution in [3.05, 3.63) is 34.3 Å². The van der Waals surface area contributed by atoms with Gasteiger partial charge in [-0.05, 0) is 12.1 Å². The Morgan fingerprint density at radius 2 is 2.27 bits per heavy atom. The highest BCUT2D eigenvalue weighted by Crippen LogP contribution is 2.21. The smallest absolute Gasteiger partial charge is 0.253 e. The van der Waals surface area contributed by atoms with E-state index in [2.05, 4.69) is 15.3 Å². The molecule has 1 N–H and O–H groups in total. The number of carbonyl (C=O) groups is 1. The van der Waals surface area contributed by atoms with Crippen molar-refractivity contribution in [3.8, 4) is 11.4 Å². The van der Waals surface area contributed by atoms with E-state index in [-0.39, 0.29) is 5.91 Å². The molecule has 4 nitrogen and oxygen atoms in total. The van der Waals surface area contributed by atoms with Gasteiger partial charge in [-0.1, -0.05) is 0 Å². The van der Waals surface area contributed by atoms with E-state index in [4.69, 9.17) is 0 Å². The highest BCUT2D eigenvalue weighted by atomic mass is 32.1. The lowest BCUT2D eigenvalue weighted by molar-refractivity contribution is 0.0966. The van der Waals surface area contributed by atoms with Crippen molar-refractivity contribution < 1.29 is 4.79 Å². The highest BCUT2D eigenvalue weighted by Gasteiger charge is 2.20. The molecule has 0 bridgehead atoms. The SMILES string of the molecule is O=C1NCc2nc(-c3cscn3)ccc21. The van der Waals surface area contributed by atoms with E-state index >= 15 is 0 Å². The van der Waals surface area contributed by atoms with Gasteiger partial charge in [0.25, 0.3) is 5.91 Å². The molecule has 0 unspecified atom stereocenters. The van der Waals surface area contributed by atoms with Gasteiger partial charge in [0.15, 0.2) is 0 Å². The maximum absolute atomic E-state index is 11.3. The largest absolute Gasteiger partial charge is 0.346 e. The van der Waals surface area contributed by atoms with Gasteiger partial charge in [0.2, 0.25) is 0 Å². The van der Waals surface area contributed by atoms with Crippen molar-refractivity contribution in [3.63, 3.8) is 0 Å². The molecule has 0 radical (unpaired) electrons. The van der Waals surface area contributed by atoms with Gasteiger partial charge in [-0.15, -0.1) is 11.3 Å². The summed E-state index contributed by atoms with van der Waals surface area (Å²) >= 11 is 1.53. The van der Waals surface area contributed by atoms with Gasteiger partial charge >= 0.3 is 0 Å². The number of thiazole rings is 1. The monoisotopic (exact) mass is 217 g/mol. The number of pyridine rings is 1. The lowest BCUT2D eigenvalue weighted by atomic mass is 10.2. The summed E-state index contributed by atoms with van der Waals surface area (Å²) < 4.78 is 0. The molecule has 0 saturated carbocycles. The molecule has 0 aliphatic carbocycles. The molecule has 1 amide bonds. The zero-order valence-corrected chi connectivity index (χ0v) is 8.54. The fourth-order valence-electron chi connectivity index (χ4n) is 1.58. The topological polar surface area (TPSA) is 54.9 Å². The van der Waals surface area contributed by atoms with E-state index in [9.17, 15) is 4.79 Å². The first-order valence-corrected chi connectivity index (χ1v) is 5.45. The Bertz CT molecular complexity index is 521. The van der Waals surface area contributed by atoms with Crippen LogP contribution in [0, 0.1) is 0 Å². The van der Waals surface area contributed by atoms with Gasteiger partial charge in [0.05, 0.1) is 34.7 Å². The second-order valence-electron chi connectivity index (χ2n) is 3.25. The number of hydrogen-bond donors (Lipinski definition) is 1. The van der Waals surface area contributed by atoms with E-state index in [1.54, 1.807) is 11.6 Å². The number of fused-ring (bicyclic) bond motifs is 1. The van der Waals surface area contributed by atoms with E-state index in [0.29, 0.717) is 12.1 Å². The number of hydrogen-bond acceptors (Lipinski definition) is 4. The van der Waals surface area contributed by atoms with E-state index in [1.807, 2.05) is 11.4 Å². The van der Waals surface area contributed by atoms with Gasteiger partial charge in [0.1, 0.15) is 0 Å². The minimum atomic E-state index is -0.0395. The minimum absolute atomic E-state index is 0.0395. The maximum atomic E-state index is 11.3. The predicted octanol–water partition coefficient (Wildman–Crippen LogP) is 1.45. The van der Waals surface area contributed by atoms with E-state index in [0.717, 1.165) is 17.1 Å². The Morgan fingerprint density at radius 3 is 3.07 bits per heavy atom. The van der Waals surface area contributed by atoms with Crippen LogP contribution in [0.2, 0.25) is 0 Å². The molecular weight excluding hydrogens is 210 g/mol.